The number of hydrogen-bond donors (Lipinski definition) is 0. The summed E-state index contributed by atoms with van der Waals surface area (Å²) in [6.45, 7) is 0.213. The summed E-state index contributed by atoms with van der Waals surface area (Å²) < 4.78 is 38.9. The Bertz CT molecular complexity index is 1270. The van der Waals surface area contributed by atoms with Gasteiger partial charge in [-0.15, -0.1) is 28.3 Å². The standard InChI is InChI=1S/C19H18ClN3O4S2.BrH/c1-22(2)29(24,25)18-8-12(4-6-14(18)20)15-10-28-19(23(15)3)21-13-5-7-16-17(9-13)27-11-26-16;/h4-10H,11H2,1-3H3;1H/b21-19-;. The average molecular weight is 533 g/mol. The molecule has 0 amide bonds. The maximum absolute atomic E-state index is 12.6. The predicted molar refractivity (Wildman–Crippen MR) is 123 cm³/mol. The summed E-state index contributed by atoms with van der Waals surface area (Å²) in [5, 5.41) is 2.12. The first-order valence-electron chi connectivity index (χ1n) is 8.59. The molecular formula is C19H19BrClN3O4S2. The summed E-state index contributed by atoms with van der Waals surface area (Å²) >= 11 is 7.61. The van der Waals surface area contributed by atoms with Gasteiger partial charge in [-0.1, -0.05) is 17.7 Å². The summed E-state index contributed by atoms with van der Waals surface area (Å²) in [6.07, 6.45) is 0. The van der Waals surface area contributed by atoms with Crippen molar-refractivity contribution in [1.29, 1.82) is 0 Å². The first-order valence-corrected chi connectivity index (χ1v) is 11.3. The molecule has 0 saturated carbocycles. The fraction of sp³-hybridized carbons (Fsp3) is 0.211. The lowest BCUT2D eigenvalue weighted by Gasteiger charge is -2.14. The monoisotopic (exact) mass is 531 g/mol. The molecule has 1 aliphatic rings. The number of halogens is 2. The van der Waals surface area contributed by atoms with Crippen LogP contribution in [0, 0.1) is 0 Å². The molecule has 1 aromatic heterocycles. The van der Waals surface area contributed by atoms with E-state index in [9.17, 15) is 8.42 Å². The van der Waals surface area contributed by atoms with Crippen molar-refractivity contribution in [2.45, 2.75) is 4.90 Å². The smallest absolute Gasteiger partial charge is 0.244 e. The van der Waals surface area contributed by atoms with Crippen LogP contribution in [0.1, 0.15) is 0 Å². The van der Waals surface area contributed by atoms with E-state index in [0.717, 1.165) is 26.1 Å². The van der Waals surface area contributed by atoms with E-state index < -0.39 is 10.0 Å². The normalized spacial score (nSPS) is 13.6. The largest absolute Gasteiger partial charge is 0.454 e. The third-order valence-electron chi connectivity index (χ3n) is 4.49. The zero-order chi connectivity index (χ0) is 20.8. The molecule has 0 atom stereocenters. The second kappa shape index (κ2) is 8.72. The molecule has 4 rings (SSSR count). The van der Waals surface area contributed by atoms with Gasteiger partial charge in [-0.2, -0.15) is 0 Å². The molecule has 0 spiro atoms. The summed E-state index contributed by atoms with van der Waals surface area (Å²) in [4.78, 5) is 5.50. The van der Waals surface area contributed by atoms with Crippen LogP contribution in [0.4, 0.5) is 5.69 Å². The fourth-order valence-corrected chi connectivity index (χ4v) is 5.17. The molecule has 0 unspecified atom stereocenters. The molecule has 0 aliphatic carbocycles. The Morgan fingerprint density at radius 3 is 2.60 bits per heavy atom. The highest BCUT2D eigenvalue weighted by Gasteiger charge is 2.22. The highest BCUT2D eigenvalue weighted by atomic mass is 79.9. The molecule has 2 heterocycles. The second-order valence-corrected chi connectivity index (χ2v) is 9.91. The van der Waals surface area contributed by atoms with Crippen LogP contribution in [-0.4, -0.2) is 38.2 Å². The lowest BCUT2D eigenvalue weighted by molar-refractivity contribution is 0.174. The van der Waals surface area contributed by atoms with E-state index in [1.807, 2.05) is 35.2 Å². The minimum absolute atomic E-state index is 0. The highest BCUT2D eigenvalue weighted by Crippen LogP contribution is 2.35. The Labute approximate surface area is 194 Å². The molecule has 0 radical (unpaired) electrons. The molecule has 0 saturated heterocycles. The van der Waals surface area contributed by atoms with Crippen LogP contribution < -0.4 is 14.3 Å². The number of benzene rings is 2. The predicted octanol–water partition coefficient (Wildman–Crippen LogP) is 4.20. The number of rotatable bonds is 4. The van der Waals surface area contributed by atoms with Gasteiger partial charge < -0.3 is 14.0 Å². The Morgan fingerprint density at radius 2 is 1.87 bits per heavy atom. The van der Waals surface area contributed by atoms with E-state index in [4.69, 9.17) is 21.1 Å². The van der Waals surface area contributed by atoms with Crippen molar-refractivity contribution in [2.24, 2.45) is 12.0 Å². The Morgan fingerprint density at radius 1 is 1.13 bits per heavy atom. The van der Waals surface area contributed by atoms with Crippen LogP contribution in [0.5, 0.6) is 11.5 Å². The summed E-state index contributed by atoms with van der Waals surface area (Å²) in [5.74, 6) is 1.37. The number of sulfonamides is 1. The maximum Gasteiger partial charge on any atom is 0.244 e. The molecule has 0 bridgehead atoms. The van der Waals surface area contributed by atoms with Gasteiger partial charge in [0.25, 0.3) is 0 Å². The first-order chi connectivity index (χ1) is 13.8. The van der Waals surface area contributed by atoms with Gasteiger partial charge in [-0.05, 0) is 24.3 Å². The third kappa shape index (κ3) is 4.15. The maximum atomic E-state index is 12.6. The Balaban J connectivity index is 0.00000256. The van der Waals surface area contributed by atoms with Gasteiger partial charge in [-0.3, -0.25) is 0 Å². The molecule has 1 aliphatic heterocycles. The van der Waals surface area contributed by atoms with E-state index >= 15 is 0 Å². The molecule has 0 N–H and O–H groups in total. The van der Waals surface area contributed by atoms with Gasteiger partial charge in [0.05, 0.1) is 16.4 Å². The second-order valence-electron chi connectivity index (χ2n) is 6.54. The number of nitrogens with zero attached hydrogens (tertiary/aromatic N) is 3. The lowest BCUT2D eigenvalue weighted by Crippen LogP contribution is -2.22. The highest BCUT2D eigenvalue weighted by molar-refractivity contribution is 8.93. The molecular weight excluding hydrogens is 514 g/mol. The average Bonchev–Trinajstić information content (AvgIpc) is 3.29. The topological polar surface area (TPSA) is 73.1 Å². The van der Waals surface area contributed by atoms with E-state index in [2.05, 4.69) is 4.99 Å². The van der Waals surface area contributed by atoms with Crippen LogP contribution in [0.2, 0.25) is 5.02 Å². The number of ether oxygens (including phenoxy) is 2. The quantitative estimate of drug-likeness (QED) is 0.505. The van der Waals surface area contributed by atoms with Crippen molar-refractivity contribution in [3.8, 4) is 22.8 Å². The van der Waals surface area contributed by atoms with Crippen molar-refractivity contribution in [3.63, 3.8) is 0 Å². The van der Waals surface area contributed by atoms with Gasteiger partial charge >= 0.3 is 0 Å². The van der Waals surface area contributed by atoms with Crippen LogP contribution in [0.15, 0.2) is 51.7 Å². The van der Waals surface area contributed by atoms with Gasteiger partial charge in [0.1, 0.15) is 4.90 Å². The van der Waals surface area contributed by atoms with Gasteiger partial charge in [0.15, 0.2) is 16.3 Å². The third-order valence-corrected chi connectivity index (χ3v) is 7.70. The SMILES string of the molecule is Br.CN(C)S(=O)(=O)c1cc(-c2cs/c(=N\c3ccc4c(c3)OCO4)n2C)ccc1Cl. The van der Waals surface area contributed by atoms with Crippen molar-refractivity contribution >= 4 is 55.6 Å². The van der Waals surface area contributed by atoms with Gasteiger partial charge in [0, 0.05) is 38.2 Å². The zero-order valence-electron chi connectivity index (χ0n) is 16.3. The zero-order valence-corrected chi connectivity index (χ0v) is 20.4. The van der Waals surface area contributed by atoms with Crippen LogP contribution in [0.25, 0.3) is 11.3 Å². The van der Waals surface area contributed by atoms with E-state index in [1.54, 1.807) is 18.2 Å². The van der Waals surface area contributed by atoms with Crippen LogP contribution in [-0.2, 0) is 17.1 Å². The number of hydrogen-bond acceptors (Lipinski definition) is 6. The number of fused-ring (bicyclic) bond motifs is 1. The summed E-state index contributed by atoms with van der Waals surface area (Å²) in [7, 11) is 1.18. The molecule has 3 aromatic rings. The Kier molecular flexibility index (Phi) is 6.63. The molecule has 30 heavy (non-hydrogen) atoms. The van der Waals surface area contributed by atoms with Crippen molar-refractivity contribution in [3.05, 3.63) is 51.6 Å². The van der Waals surface area contributed by atoms with Crippen LogP contribution in [0.3, 0.4) is 0 Å². The molecule has 0 fully saturated rings. The molecule has 7 nitrogen and oxygen atoms in total. The fourth-order valence-electron chi connectivity index (χ4n) is 2.85. The van der Waals surface area contributed by atoms with Crippen molar-refractivity contribution in [2.75, 3.05) is 20.9 Å². The van der Waals surface area contributed by atoms with Crippen LogP contribution >= 0.6 is 39.9 Å². The van der Waals surface area contributed by atoms with Crippen molar-refractivity contribution < 1.29 is 17.9 Å². The van der Waals surface area contributed by atoms with Gasteiger partial charge in [-0.25, -0.2) is 17.7 Å². The number of thiazole rings is 1. The minimum atomic E-state index is -3.65. The van der Waals surface area contributed by atoms with Crippen molar-refractivity contribution in [1.82, 2.24) is 8.87 Å². The first kappa shape index (κ1) is 22.8. The molecule has 11 heteroatoms. The Hall–Kier alpha value is -1.85. The van der Waals surface area contributed by atoms with E-state index in [-0.39, 0.29) is 33.7 Å². The summed E-state index contributed by atoms with van der Waals surface area (Å²) in [5.41, 5.74) is 2.31. The molecule has 160 valence electrons. The van der Waals surface area contributed by atoms with Gasteiger partial charge in [0.2, 0.25) is 16.8 Å². The minimum Gasteiger partial charge on any atom is -0.454 e. The molecule has 2 aromatic carbocycles. The summed E-state index contributed by atoms with van der Waals surface area (Å²) in [6, 6.07) is 10.5. The number of aromatic nitrogens is 1. The van der Waals surface area contributed by atoms with E-state index in [1.165, 1.54) is 25.4 Å². The lowest BCUT2D eigenvalue weighted by atomic mass is 10.2. The van der Waals surface area contributed by atoms with E-state index in [0.29, 0.717) is 11.5 Å².